The van der Waals surface area contributed by atoms with Crippen LogP contribution in [0.1, 0.15) is 63.1 Å². The van der Waals surface area contributed by atoms with Crippen molar-refractivity contribution in [2.75, 3.05) is 26.3 Å². The van der Waals surface area contributed by atoms with Crippen molar-refractivity contribution >= 4 is 28.7 Å². The molecule has 0 bridgehead atoms. The summed E-state index contributed by atoms with van der Waals surface area (Å²) in [4.78, 5) is 15.6. The Morgan fingerprint density at radius 1 is 1.13 bits per heavy atom. The van der Waals surface area contributed by atoms with Crippen LogP contribution in [-0.2, 0) is 16.0 Å². The van der Waals surface area contributed by atoms with Crippen LogP contribution in [0.3, 0.4) is 0 Å². The van der Waals surface area contributed by atoms with Gasteiger partial charge in [0.1, 0.15) is 0 Å². The van der Waals surface area contributed by atoms with Crippen LogP contribution in [0, 0.1) is 0 Å². The summed E-state index contributed by atoms with van der Waals surface area (Å²) < 4.78 is 16.0. The number of benzene rings is 1. The van der Waals surface area contributed by atoms with Gasteiger partial charge in [-0.25, -0.2) is 4.98 Å². The van der Waals surface area contributed by atoms with Crippen molar-refractivity contribution in [3.63, 3.8) is 0 Å². The number of anilines is 1. The van der Waals surface area contributed by atoms with Gasteiger partial charge in [0.25, 0.3) is 0 Å². The van der Waals surface area contributed by atoms with E-state index < -0.39 is 0 Å². The number of carbonyl (C=O) groups is 1. The van der Waals surface area contributed by atoms with Crippen molar-refractivity contribution in [3.05, 3.63) is 34.8 Å². The van der Waals surface area contributed by atoms with Crippen LogP contribution in [0.4, 0.5) is 5.13 Å². The lowest BCUT2D eigenvalue weighted by molar-refractivity contribution is -0.139. The van der Waals surface area contributed by atoms with Crippen molar-refractivity contribution in [3.8, 4) is 11.5 Å². The highest BCUT2D eigenvalue weighted by atomic mass is 32.1. The van der Waals surface area contributed by atoms with E-state index in [-0.39, 0.29) is 12.4 Å². The Bertz CT molecular complexity index is 823. The van der Waals surface area contributed by atoms with Gasteiger partial charge in [0.15, 0.2) is 11.5 Å². The number of nitrogens with zero attached hydrogens (tertiary/aromatic N) is 2. The zero-order valence-corrected chi connectivity index (χ0v) is 19.5. The second-order valence-corrected chi connectivity index (χ2v) is 8.01. The second-order valence-electron chi connectivity index (χ2n) is 7.15. The minimum atomic E-state index is -0.318. The van der Waals surface area contributed by atoms with E-state index in [1.165, 1.54) is 57.0 Å². The van der Waals surface area contributed by atoms with Gasteiger partial charge in [-0.05, 0) is 30.2 Å². The highest BCUT2D eigenvalue weighted by molar-refractivity contribution is 7.13. The van der Waals surface area contributed by atoms with Crippen LogP contribution in [0.2, 0.25) is 0 Å². The van der Waals surface area contributed by atoms with E-state index in [0.29, 0.717) is 23.2 Å². The lowest BCUT2D eigenvalue weighted by Gasteiger charge is -2.11. The molecular weight excluding hydrogens is 414 g/mol. The van der Waals surface area contributed by atoms with E-state index >= 15 is 0 Å². The van der Waals surface area contributed by atoms with Gasteiger partial charge in [-0.2, -0.15) is 5.10 Å². The van der Waals surface area contributed by atoms with E-state index in [2.05, 4.69) is 27.2 Å². The number of esters is 1. The predicted octanol–water partition coefficient (Wildman–Crippen LogP) is 5.44. The van der Waals surface area contributed by atoms with Crippen LogP contribution in [0.25, 0.3) is 0 Å². The SMILES string of the molecule is CCCCCCCCCOc1ccc(/C=N\Nc2nc(CC(=O)OC)cs2)cc1OC. The maximum atomic E-state index is 11.3. The van der Waals surface area contributed by atoms with Gasteiger partial charge in [0.2, 0.25) is 5.13 Å². The lowest BCUT2D eigenvalue weighted by Crippen LogP contribution is -2.04. The molecule has 2 rings (SSSR count). The summed E-state index contributed by atoms with van der Waals surface area (Å²) in [6.07, 6.45) is 10.6. The third-order valence-electron chi connectivity index (χ3n) is 4.67. The zero-order valence-electron chi connectivity index (χ0n) is 18.7. The van der Waals surface area contributed by atoms with Gasteiger partial charge in [0.05, 0.1) is 39.2 Å². The monoisotopic (exact) mass is 447 g/mol. The van der Waals surface area contributed by atoms with E-state index in [0.717, 1.165) is 17.7 Å². The third kappa shape index (κ3) is 9.38. The summed E-state index contributed by atoms with van der Waals surface area (Å²) in [5, 5.41) is 6.62. The molecule has 0 unspecified atom stereocenters. The molecule has 0 amide bonds. The number of rotatable bonds is 15. The van der Waals surface area contributed by atoms with Crippen molar-refractivity contribution in [2.45, 2.75) is 58.3 Å². The highest BCUT2D eigenvalue weighted by Gasteiger charge is 2.08. The van der Waals surface area contributed by atoms with E-state index in [9.17, 15) is 4.79 Å². The molecule has 0 aliphatic carbocycles. The molecule has 0 saturated heterocycles. The zero-order chi connectivity index (χ0) is 22.3. The molecule has 0 spiro atoms. The van der Waals surface area contributed by atoms with Crippen molar-refractivity contribution in [2.24, 2.45) is 5.10 Å². The lowest BCUT2D eigenvalue weighted by atomic mass is 10.1. The maximum absolute atomic E-state index is 11.3. The number of hydrogen-bond acceptors (Lipinski definition) is 8. The van der Waals surface area contributed by atoms with Crippen molar-refractivity contribution in [1.29, 1.82) is 0 Å². The minimum Gasteiger partial charge on any atom is -0.493 e. The Balaban J connectivity index is 1.78. The van der Waals surface area contributed by atoms with Gasteiger partial charge in [-0.3, -0.25) is 10.2 Å². The predicted molar refractivity (Wildman–Crippen MR) is 126 cm³/mol. The molecule has 170 valence electrons. The van der Waals surface area contributed by atoms with Gasteiger partial charge in [-0.15, -0.1) is 11.3 Å². The first kappa shape index (κ1) is 24.7. The molecule has 8 heteroatoms. The minimum absolute atomic E-state index is 0.149. The summed E-state index contributed by atoms with van der Waals surface area (Å²) >= 11 is 1.38. The highest BCUT2D eigenvalue weighted by Crippen LogP contribution is 2.28. The number of ether oxygens (including phenoxy) is 3. The number of methoxy groups -OCH3 is 2. The quantitative estimate of drug-likeness (QED) is 0.169. The molecule has 0 atom stereocenters. The first-order valence-electron chi connectivity index (χ1n) is 10.8. The van der Waals surface area contributed by atoms with Crippen molar-refractivity contribution in [1.82, 2.24) is 4.98 Å². The molecule has 0 radical (unpaired) electrons. The third-order valence-corrected chi connectivity index (χ3v) is 5.47. The fraction of sp³-hybridized carbons (Fsp3) is 0.522. The van der Waals surface area contributed by atoms with Crippen LogP contribution in [0.15, 0.2) is 28.7 Å². The van der Waals surface area contributed by atoms with E-state index in [4.69, 9.17) is 9.47 Å². The first-order chi connectivity index (χ1) is 15.2. The number of thiazole rings is 1. The van der Waals surface area contributed by atoms with E-state index in [1.54, 1.807) is 18.7 Å². The number of hydrazone groups is 1. The topological polar surface area (TPSA) is 82.0 Å². The summed E-state index contributed by atoms with van der Waals surface area (Å²) in [5.41, 5.74) is 4.40. The Kier molecular flexibility index (Phi) is 11.5. The fourth-order valence-electron chi connectivity index (χ4n) is 2.95. The first-order valence-corrected chi connectivity index (χ1v) is 11.6. The van der Waals surface area contributed by atoms with Gasteiger partial charge < -0.3 is 14.2 Å². The molecule has 0 aliphatic rings. The molecule has 2 aromatic rings. The molecule has 31 heavy (non-hydrogen) atoms. The number of unbranched alkanes of at least 4 members (excludes halogenated alkanes) is 6. The Morgan fingerprint density at radius 3 is 2.65 bits per heavy atom. The van der Waals surface area contributed by atoms with Crippen LogP contribution in [0.5, 0.6) is 11.5 Å². The second kappa shape index (κ2) is 14.4. The summed E-state index contributed by atoms with van der Waals surface area (Å²) in [5.74, 6) is 1.11. The van der Waals surface area contributed by atoms with Crippen LogP contribution < -0.4 is 14.9 Å². The molecule has 1 heterocycles. The molecule has 0 fully saturated rings. The number of aromatic nitrogens is 1. The summed E-state index contributed by atoms with van der Waals surface area (Å²) in [6, 6.07) is 5.72. The smallest absolute Gasteiger partial charge is 0.311 e. The van der Waals surface area contributed by atoms with E-state index in [1.807, 2.05) is 18.2 Å². The Hall–Kier alpha value is -2.61. The number of hydrogen-bond donors (Lipinski definition) is 1. The average Bonchev–Trinajstić information content (AvgIpc) is 3.23. The Morgan fingerprint density at radius 2 is 1.90 bits per heavy atom. The molecule has 1 aromatic carbocycles. The largest absolute Gasteiger partial charge is 0.493 e. The maximum Gasteiger partial charge on any atom is 0.311 e. The van der Waals surface area contributed by atoms with Crippen LogP contribution >= 0.6 is 11.3 Å². The van der Waals surface area contributed by atoms with Gasteiger partial charge in [0, 0.05) is 5.38 Å². The molecule has 1 N–H and O–H groups in total. The molecule has 1 aromatic heterocycles. The fourth-order valence-corrected chi connectivity index (χ4v) is 3.61. The average molecular weight is 448 g/mol. The molecule has 0 saturated carbocycles. The normalized spacial score (nSPS) is 10.9. The molecule has 7 nitrogen and oxygen atoms in total. The molecular formula is C23H33N3O4S. The summed E-state index contributed by atoms with van der Waals surface area (Å²) in [6.45, 7) is 2.93. The van der Waals surface area contributed by atoms with Crippen molar-refractivity contribution < 1.29 is 19.0 Å². The number of carbonyl (C=O) groups excluding carboxylic acids is 1. The van der Waals surface area contributed by atoms with Gasteiger partial charge >= 0.3 is 5.97 Å². The Labute approximate surface area is 188 Å². The van der Waals surface area contributed by atoms with Crippen LogP contribution in [-0.4, -0.2) is 38.0 Å². The van der Waals surface area contributed by atoms with Gasteiger partial charge in [-0.1, -0.05) is 45.4 Å². The molecule has 0 aliphatic heterocycles. The number of nitrogens with one attached hydrogen (secondary N) is 1. The summed E-state index contributed by atoms with van der Waals surface area (Å²) in [7, 11) is 2.99. The standard InChI is InChI=1S/C23H33N3O4S/c1-4-5-6-7-8-9-10-13-30-20-12-11-18(14-21(20)28-2)16-24-26-23-25-19(17-31-23)15-22(27)29-3/h11-12,14,16-17H,4-10,13,15H2,1-3H3,(H,25,26)/b24-16-.